The van der Waals surface area contributed by atoms with Crippen LogP contribution in [0.3, 0.4) is 0 Å². The van der Waals surface area contributed by atoms with Gasteiger partial charge in [0.05, 0.1) is 10.8 Å². The zero-order chi connectivity index (χ0) is 22.8. The maximum absolute atomic E-state index is 12.9. The average Bonchev–Trinajstić information content (AvgIpc) is 2.69. The molecule has 31 heavy (non-hydrogen) atoms. The number of anilines is 1. The minimum absolute atomic E-state index is 0.165. The van der Waals surface area contributed by atoms with Crippen molar-refractivity contribution in [2.24, 2.45) is 11.3 Å². The lowest BCUT2D eigenvalue weighted by Crippen LogP contribution is -2.28. The van der Waals surface area contributed by atoms with Crippen LogP contribution in [0.4, 0.5) is 5.69 Å². The highest BCUT2D eigenvalue weighted by atomic mass is 35.5. The van der Waals surface area contributed by atoms with Crippen LogP contribution in [0, 0.1) is 22.7 Å². The van der Waals surface area contributed by atoms with Crippen molar-refractivity contribution < 1.29 is 4.79 Å². The lowest BCUT2D eigenvalue weighted by Gasteiger charge is -2.34. The number of hydrogen-bond donors (Lipinski definition) is 1. The Morgan fingerprint density at radius 3 is 2.55 bits per heavy atom. The second-order valence-electron chi connectivity index (χ2n) is 9.03. The molecule has 2 unspecified atom stereocenters. The predicted octanol–water partition coefficient (Wildman–Crippen LogP) is 6.92. The lowest BCUT2D eigenvalue weighted by molar-refractivity contribution is -0.115. The summed E-state index contributed by atoms with van der Waals surface area (Å²) in [6.45, 7) is 8.75. The fourth-order valence-corrected chi connectivity index (χ4v) is 5.38. The van der Waals surface area contributed by atoms with E-state index >= 15 is 0 Å². The quantitative estimate of drug-likeness (QED) is 0.476. The number of rotatable bonds is 5. The maximum atomic E-state index is 12.9. The molecule has 164 valence electrons. The summed E-state index contributed by atoms with van der Waals surface area (Å²) in [6.07, 6.45) is 3.53. The van der Waals surface area contributed by atoms with E-state index in [0.717, 1.165) is 30.5 Å². The van der Waals surface area contributed by atoms with Gasteiger partial charge in [-0.3, -0.25) is 4.79 Å². The van der Waals surface area contributed by atoms with Crippen LogP contribution in [-0.2, 0) is 17.6 Å². The molecule has 0 aliphatic heterocycles. The van der Waals surface area contributed by atoms with Crippen LogP contribution in [0.25, 0.3) is 0 Å². The van der Waals surface area contributed by atoms with E-state index in [0.29, 0.717) is 38.7 Å². The number of halogens is 2. The molecule has 0 bridgehead atoms. The minimum atomic E-state index is -0.388. The minimum Gasteiger partial charge on any atom is -0.325 e. The molecule has 7 heteroatoms. The van der Waals surface area contributed by atoms with Gasteiger partial charge >= 0.3 is 0 Å². The van der Waals surface area contributed by atoms with E-state index in [1.165, 1.54) is 11.8 Å². The summed E-state index contributed by atoms with van der Waals surface area (Å²) < 4.78 is 0. The Morgan fingerprint density at radius 2 is 1.97 bits per heavy atom. The van der Waals surface area contributed by atoms with Gasteiger partial charge in [0.15, 0.2) is 0 Å². The van der Waals surface area contributed by atoms with Gasteiger partial charge in [-0.1, -0.05) is 62.7 Å². The Balaban J connectivity index is 1.80. The van der Waals surface area contributed by atoms with E-state index in [1.54, 1.807) is 18.2 Å². The van der Waals surface area contributed by atoms with Crippen LogP contribution >= 0.6 is 35.0 Å². The third kappa shape index (κ3) is 5.94. The van der Waals surface area contributed by atoms with Gasteiger partial charge in [-0.05, 0) is 66.8 Å². The van der Waals surface area contributed by atoms with E-state index < -0.39 is 0 Å². The highest BCUT2D eigenvalue weighted by molar-refractivity contribution is 8.00. The van der Waals surface area contributed by atoms with Gasteiger partial charge in [-0.15, -0.1) is 0 Å². The number of nitriles is 1. The summed E-state index contributed by atoms with van der Waals surface area (Å²) in [4.78, 5) is 17.7. The van der Waals surface area contributed by atoms with Gasteiger partial charge in [0.2, 0.25) is 5.91 Å². The third-order valence-electron chi connectivity index (χ3n) is 5.74. The number of hydrogen-bond acceptors (Lipinski definition) is 4. The normalized spacial score (nSPS) is 16.9. The van der Waals surface area contributed by atoms with Crippen molar-refractivity contribution in [3.8, 4) is 6.07 Å². The fourth-order valence-electron chi connectivity index (χ4n) is 3.86. The molecular weight excluding hydrogens is 449 g/mol. The number of carbonyl (C=O) groups excluding carboxylic acids is 1. The van der Waals surface area contributed by atoms with Crippen LogP contribution in [0.15, 0.2) is 29.3 Å². The van der Waals surface area contributed by atoms with Gasteiger partial charge in [0, 0.05) is 21.4 Å². The second kappa shape index (κ2) is 9.81. The molecule has 0 radical (unpaired) electrons. The molecule has 1 aliphatic carbocycles. The number of nitrogens with one attached hydrogen (secondary N) is 1. The van der Waals surface area contributed by atoms with Crippen LogP contribution in [0.2, 0.25) is 10.0 Å². The number of thioether (sulfide) groups is 1. The Bertz CT molecular complexity index is 1010. The zero-order valence-corrected chi connectivity index (χ0v) is 20.6. The number of aryl methyl sites for hydroxylation is 1. The molecule has 2 atom stereocenters. The predicted molar refractivity (Wildman–Crippen MR) is 129 cm³/mol. The van der Waals surface area contributed by atoms with Crippen molar-refractivity contribution in [2.75, 3.05) is 5.32 Å². The van der Waals surface area contributed by atoms with Crippen molar-refractivity contribution in [3.63, 3.8) is 0 Å². The summed E-state index contributed by atoms with van der Waals surface area (Å²) >= 11 is 13.4. The number of fused-ring (bicyclic) bond motifs is 1. The van der Waals surface area contributed by atoms with Crippen LogP contribution in [0.5, 0.6) is 0 Å². The molecule has 2 aromatic rings. The molecule has 0 saturated carbocycles. The van der Waals surface area contributed by atoms with Gasteiger partial charge in [-0.25, -0.2) is 4.98 Å². The fraction of sp³-hybridized carbons (Fsp3) is 0.458. The lowest BCUT2D eigenvalue weighted by atomic mass is 9.71. The molecule has 1 aromatic carbocycles. The first-order valence-electron chi connectivity index (χ1n) is 10.5. The van der Waals surface area contributed by atoms with Crippen LogP contribution < -0.4 is 5.32 Å². The van der Waals surface area contributed by atoms with Crippen molar-refractivity contribution in [2.45, 2.75) is 63.7 Å². The number of carbonyl (C=O) groups is 1. The first kappa shape index (κ1) is 23.9. The molecule has 1 aromatic heterocycles. The zero-order valence-electron chi connectivity index (χ0n) is 18.3. The van der Waals surface area contributed by atoms with E-state index in [2.05, 4.69) is 32.2 Å². The largest absolute Gasteiger partial charge is 0.325 e. The molecule has 1 amide bonds. The molecule has 0 saturated heterocycles. The van der Waals surface area contributed by atoms with Gasteiger partial charge < -0.3 is 5.32 Å². The Hall–Kier alpha value is -1.74. The van der Waals surface area contributed by atoms with E-state index in [-0.39, 0.29) is 16.6 Å². The average molecular weight is 476 g/mol. The van der Waals surface area contributed by atoms with E-state index in [1.807, 2.05) is 13.0 Å². The second-order valence-corrected chi connectivity index (χ2v) is 11.1. The molecule has 1 heterocycles. The van der Waals surface area contributed by atoms with Crippen molar-refractivity contribution in [1.82, 2.24) is 4.98 Å². The molecule has 3 rings (SSSR count). The van der Waals surface area contributed by atoms with Crippen LogP contribution in [0.1, 0.15) is 57.4 Å². The van der Waals surface area contributed by atoms with E-state index in [4.69, 9.17) is 28.2 Å². The number of pyridine rings is 1. The number of nitrogens with zero attached hydrogens (tertiary/aromatic N) is 2. The summed E-state index contributed by atoms with van der Waals surface area (Å²) in [6, 6.07) is 9.19. The molecule has 1 aliphatic rings. The SMILES string of the molecule is CCC(Sc1nc2c(cc1C#N)CC(C(C)(C)C)CC2)C(=O)Nc1cc(Cl)cc(Cl)c1. The summed E-state index contributed by atoms with van der Waals surface area (Å²) in [5, 5.41) is 13.8. The van der Waals surface area contributed by atoms with Crippen LogP contribution in [-0.4, -0.2) is 16.1 Å². The first-order chi connectivity index (χ1) is 14.6. The third-order valence-corrected chi connectivity index (χ3v) is 7.55. The number of amides is 1. The number of aromatic nitrogens is 1. The molecule has 0 spiro atoms. The highest BCUT2D eigenvalue weighted by Gasteiger charge is 2.30. The molecule has 0 fully saturated rings. The summed E-state index contributed by atoms with van der Waals surface area (Å²) in [7, 11) is 0. The smallest absolute Gasteiger partial charge is 0.237 e. The Labute approximate surface area is 198 Å². The standard InChI is InChI=1S/C24H27Cl2N3OS/c1-5-21(22(30)28-19-11-17(25)10-18(26)12-19)31-23-15(13-27)8-14-9-16(24(2,3)4)6-7-20(14)29-23/h8,10-12,16,21H,5-7,9H2,1-4H3,(H,28,30). The summed E-state index contributed by atoms with van der Waals surface area (Å²) in [5.41, 5.74) is 3.54. The number of benzene rings is 1. The van der Waals surface area contributed by atoms with Gasteiger partial charge in [0.1, 0.15) is 11.1 Å². The summed E-state index contributed by atoms with van der Waals surface area (Å²) in [5.74, 6) is 0.410. The maximum Gasteiger partial charge on any atom is 0.237 e. The Morgan fingerprint density at radius 1 is 1.29 bits per heavy atom. The molecule has 4 nitrogen and oxygen atoms in total. The monoisotopic (exact) mass is 475 g/mol. The van der Waals surface area contributed by atoms with Crippen molar-refractivity contribution in [3.05, 3.63) is 51.1 Å². The molecular formula is C24H27Cl2N3OS. The molecule has 1 N–H and O–H groups in total. The topological polar surface area (TPSA) is 65.8 Å². The Kier molecular flexibility index (Phi) is 7.57. The highest BCUT2D eigenvalue weighted by Crippen LogP contribution is 2.38. The van der Waals surface area contributed by atoms with Crippen molar-refractivity contribution >= 4 is 46.6 Å². The van der Waals surface area contributed by atoms with E-state index in [9.17, 15) is 10.1 Å². The van der Waals surface area contributed by atoms with Crippen molar-refractivity contribution in [1.29, 1.82) is 5.26 Å². The van der Waals surface area contributed by atoms with Gasteiger partial charge in [-0.2, -0.15) is 5.26 Å². The first-order valence-corrected chi connectivity index (χ1v) is 12.1. The van der Waals surface area contributed by atoms with Gasteiger partial charge in [0.25, 0.3) is 0 Å².